The van der Waals surface area contributed by atoms with Crippen LogP contribution in [0.3, 0.4) is 0 Å². The van der Waals surface area contributed by atoms with Gasteiger partial charge in [0.05, 0.1) is 23.7 Å². The lowest BCUT2D eigenvalue weighted by Crippen LogP contribution is -2.52. The van der Waals surface area contributed by atoms with Gasteiger partial charge in [0.1, 0.15) is 17.7 Å². The van der Waals surface area contributed by atoms with Crippen molar-refractivity contribution < 1.29 is 18.8 Å². The van der Waals surface area contributed by atoms with E-state index in [0.717, 1.165) is 0 Å². The molecule has 10 heteroatoms. The number of nitrogens with zero attached hydrogens (tertiary/aromatic N) is 2. The molecule has 31 heavy (non-hydrogen) atoms. The van der Waals surface area contributed by atoms with Gasteiger partial charge in [-0.3, -0.25) is 14.4 Å². The zero-order valence-electron chi connectivity index (χ0n) is 16.6. The van der Waals surface area contributed by atoms with Crippen LogP contribution in [-0.4, -0.2) is 59.4 Å². The Bertz CT molecular complexity index is 987. The lowest BCUT2D eigenvalue weighted by Gasteiger charge is -2.28. The highest BCUT2D eigenvalue weighted by Crippen LogP contribution is 2.24. The number of anilines is 2. The molecule has 3 heterocycles. The van der Waals surface area contributed by atoms with Gasteiger partial charge in [0, 0.05) is 18.8 Å². The van der Waals surface area contributed by atoms with Gasteiger partial charge in [-0.25, -0.2) is 9.37 Å². The third kappa shape index (κ3) is 5.13. The molecule has 8 nitrogen and oxygen atoms in total. The maximum Gasteiger partial charge on any atom is 0.247 e. The monoisotopic (exact) mass is 443 g/mol. The van der Waals surface area contributed by atoms with E-state index in [1.165, 1.54) is 24.0 Å². The van der Waals surface area contributed by atoms with Crippen LogP contribution in [0.4, 0.5) is 15.9 Å². The predicted molar refractivity (Wildman–Crippen MR) is 116 cm³/mol. The first-order chi connectivity index (χ1) is 15.0. The smallest absolute Gasteiger partial charge is 0.247 e. The molecule has 2 aliphatic rings. The SMILES string of the molecule is O=C1CN(c2ccc(NC(=O)[C@H]3CS[C@H](Cc4ccccc4F)C(=O)N3)cn2)CCN1. The molecule has 1 aromatic carbocycles. The Morgan fingerprint density at radius 2 is 2.10 bits per heavy atom. The first-order valence-corrected chi connectivity index (χ1v) is 11.0. The van der Waals surface area contributed by atoms with Gasteiger partial charge in [-0.1, -0.05) is 18.2 Å². The average Bonchev–Trinajstić information content (AvgIpc) is 2.77. The molecule has 3 N–H and O–H groups in total. The van der Waals surface area contributed by atoms with Crippen LogP contribution in [-0.2, 0) is 20.8 Å². The fourth-order valence-corrected chi connectivity index (χ4v) is 4.64. The Balaban J connectivity index is 1.31. The molecule has 0 unspecified atom stereocenters. The Kier molecular flexibility index (Phi) is 6.36. The summed E-state index contributed by atoms with van der Waals surface area (Å²) in [5.41, 5.74) is 0.985. The summed E-state index contributed by atoms with van der Waals surface area (Å²) in [6.45, 7) is 1.48. The Labute approximate surface area is 183 Å². The van der Waals surface area contributed by atoms with Crippen molar-refractivity contribution in [3.63, 3.8) is 0 Å². The molecule has 0 radical (unpaired) electrons. The zero-order chi connectivity index (χ0) is 21.8. The number of piperazine rings is 1. The molecule has 2 fully saturated rings. The van der Waals surface area contributed by atoms with E-state index in [9.17, 15) is 18.8 Å². The molecule has 4 rings (SSSR count). The highest BCUT2D eigenvalue weighted by Gasteiger charge is 2.33. The van der Waals surface area contributed by atoms with Crippen molar-refractivity contribution >= 4 is 41.0 Å². The van der Waals surface area contributed by atoms with Gasteiger partial charge >= 0.3 is 0 Å². The number of thioether (sulfide) groups is 1. The molecule has 2 aromatic rings. The van der Waals surface area contributed by atoms with Gasteiger partial charge in [-0.05, 0) is 30.2 Å². The van der Waals surface area contributed by atoms with Crippen LogP contribution < -0.4 is 20.9 Å². The Hall–Kier alpha value is -3.14. The largest absolute Gasteiger partial charge is 0.353 e. The van der Waals surface area contributed by atoms with E-state index < -0.39 is 11.3 Å². The average molecular weight is 444 g/mol. The summed E-state index contributed by atoms with van der Waals surface area (Å²) in [7, 11) is 0. The van der Waals surface area contributed by atoms with Gasteiger partial charge in [0.25, 0.3) is 0 Å². The number of aromatic nitrogens is 1. The second kappa shape index (κ2) is 9.34. The molecule has 0 spiro atoms. The number of nitrogens with one attached hydrogen (secondary N) is 3. The summed E-state index contributed by atoms with van der Waals surface area (Å²) in [6.07, 6.45) is 1.80. The topological polar surface area (TPSA) is 103 Å². The number of amides is 3. The summed E-state index contributed by atoms with van der Waals surface area (Å²) >= 11 is 1.34. The molecule has 0 bridgehead atoms. The summed E-state index contributed by atoms with van der Waals surface area (Å²) < 4.78 is 13.9. The van der Waals surface area contributed by atoms with Crippen LogP contribution >= 0.6 is 11.8 Å². The van der Waals surface area contributed by atoms with Crippen LogP contribution in [0.15, 0.2) is 42.6 Å². The van der Waals surface area contributed by atoms with Crippen LogP contribution in [0.5, 0.6) is 0 Å². The molecule has 162 valence electrons. The maximum atomic E-state index is 13.9. The highest BCUT2D eigenvalue weighted by atomic mass is 32.2. The highest BCUT2D eigenvalue weighted by molar-refractivity contribution is 8.00. The third-order valence-electron chi connectivity index (χ3n) is 5.13. The van der Waals surface area contributed by atoms with Gasteiger partial charge in [-0.2, -0.15) is 0 Å². The fraction of sp³-hybridized carbons (Fsp3) is 0.333. The van der Waals surface area contributed by atoms with E-state index in [2.05, 4.69) is 20.9 Å². The van der Waals surface area contributed by atoms with Crippen molar-refractivity contribution in [2.24, 2.45) is 0 Å². The molecule has 0 saturated carbocycles. The third-order valence-corrected chi connectivity index (χ3v) is 6.44. The lowest BCUT2D eigenvalue weighted by atomic mass is 10.1. The van der Waals surface area contributed by atoms with Gasteiger partial charge in [-0.15, -0.1) is 11.8 Å². The predicted octanol–water partition coefficient (Wildman–Crippen LogP) is 0.938. The van der Waals surface area contributed by atoms with Crippen molar-refractivity contribution in [2.45, 2.75) is 17.7 Å². The minimum Gasteiger partial charge on any atom is -0.353 e. The fourth-order valence-electron chi connectivity index (χ4n) is 3.46. The Morgan fingerprint density at radius 3 is 2.81 bits per heavy atom. The van der Waals surface area contributed by atoms with Crippen LogP contribution in [0.2, 0.25) is 0 Å². The first kappa shape index (κ1) is 21.1. The molecule has 1 aromatic heterocycles. The molecule has 0 aliphatic carbocycles. The van der Waals surface area contributed by atoms with Gasteiger partial charge < -0.3 is 20.9 Å². The normalized spacial score (nSPS) is 21.3. The minimum atomic E-state index is -0.681. The van der Waals surface area contributed by atoms with Crippen molar-refractivity contribution in [1.29, 1.82) is 0 Å². The van der Waals surface area contributed by atoms with E-state index in [1.54, 1.807) is 30.3 Å². The lowest BCUT2D eigenvalue weighted by molar-refractivity contribution is -0.126. The van der Waals surface area contributed by atoms with E-state index in [0.29, 0.717) is 35.9 Å². The second-order valence-electron chi connectivity index (χ2n) is 7.34. The van der Waals surface area contributed by atoms with E-state index in [4.69, 9.17) is 0 Å². The molecule has 3 amide bonds. The summed E-state index contributed by atoms with van der Waals surface area (Å²) in [5, 5.41) is 7.80. The van der Waals surface area contributed by atoms with E-state index >= 15 is 0 Å². The van der Waals surface area contributed by atoms with Crippen molar-refractivity contribution in [3.05, 3.63) is 54.0 Å². The number of pyridine rings is 1. The Morgan fingerprint density at radius 1 is 1.26 bits per heavy atom. The zero-order valence-corrected chi connectivity index (χ0v) is 17.5. The molecular formula is C21H22FN5O3S. The number of hydrogen-bond acceptors (Lipinski definition) is 6. The quantitative estimate of drug-likeness (QED) is 0.636. The molecule has 2 saturated heterocycles. The summed E-state index contributed by atoms with van der Waals surface area (Å²) in [5.74, 6) is 0.0468. The molecule has 2 atom stereocenters. The van der Waals surface area contributed by atoms with E-state index in [-0.39, 0.29) is 36.5 Å². The van der Waals surface area contributed by atoms with Crippen LogP contribution in [0.25, 0.3) is 0 Å². The molecule has 2 aliphatic heterocycles. The standard InChI is InChI=1S/C21H22FN5O3S/c22-15-4-2-1-3-13(15)9-17-21(30)26-16(12-31-17)20(29)25-14-5-6-18(24-10-14)27-8-7-23-19(28)11-27/h1-6,10,16-17H,7-9,11-12H2,(H,23,28)(H,25,29)(H,26,30)/t16-,17-/m1/s1. The maximum absolute atomic E-state index is 13.9. The van der Waals surface area contributed by atoms with Crippen molar-refractivity contribution in [2.75, 3.05) is 35.6 Å². The van der Waals surface area contributed by atoms with Gasteiger partial charge in [0.2, 0.25) is 17.7 Å². The number of halogens is 1. The number of benzene rings is 1. The van der Waals surface area contributed by atoms with Crippen LogP contribution in [0, 0.1) is 5.82 Å². The van der Waals surface area contributed by atoms with Crippen molar-refractivity contribution in [1.82, 2.24) is 15.6 Å². The van der Waals surface area contributed by atoms with E-state index in [1.807, 2.05) is 4.90 Å². The second-order valence-corrected chi connectivity index (χ2v) is 8.58. The van der Waals surface area contributed by atoms with Crippen molar-refractivity contribution in [3.8, 4) is 0 Å². The summed E-state index contributed by atoms with van der Waals surface area (Å²) in [4.78, 5) is 42.7. The number of carbonyl (C=O) groups is 3. The summed E-state index contributed by atoms with van der Waals surface area (Å²) in [6, 6.07) is 9.15. The van der Waals surface area contributed by atoms with Crippen LogP contribution in [0.1, 0.15) is 5.56 Å². The number of rotatable bonds is 5. The van der Waals surface area contributed by atoms with Gasteiger partial charge in [0.15, 0.2) is 0 Å². The first-order valence-electron chi connectivity index (χ1n) is 9.93. The number of carbonyl (C=O) groups excluding carboxylic acids is 3. The minimum absolute atomic E-state index is 0.0516. The number of hydrogen-bond donors (Lipinski definition) is 3. The molecular weight excluding hydrogens is 421 g/mol.